The SMILES string of the molecule is NNc1cccc(C(=O)NCC2CCC2)c1[N+](=O)[O-]. The number of nitrogens with two attached hydrogens (primary N) is 1. The summed E-state index contributed by atoms with van der Waals surface area (Å²) in [5, 5.41) is 13.8. The van der Waals surface area contributed by atoms with Gasteiger partial charge in [-0.1, -0.05) is 12.5 Å². The van der Waals surface area contributed by atoms with E-state index >= 15 is 0 Å². The minimum atomic E-state index is -0.604. The van der Waals surface area contributed by atoms with Gasteiger partial charge in [0.2, 0.25) is 0 Å². The molecule has 0 heterocycles. The quantitative estimate of drug-likeness (QED) is 0.423. The summed E-state index contributed by atoms with van der Waals surface area (Å²) in [5.41, 5.74) is 2.10. The number of anilines is 1. The fraction of sp³-hybridized carbons (Fsp3) is 0.417. The molecule has 1 fully saturated rings. The van der Waals surface area contributed by atoms with E-state index in [-0.39, 0.29) is 16.9 Å². The van der Waals surface area contributed by atoms with Gasteiger partial charge in [0.15, 0.2) is 0 Å². The molecule has 0 unspecified atom stereocenters. The van der Waals surface area contributed by atoms with Crippen molar-refractivity contribution in [2.24, 2.45) is 11.8 Å². The fourth-order valence-corrected chi connectivity index (χ4v) is 2.07. The van der Waals surface area contributed by atoms with Crippen molar-refractivity contribution in [2.75, 3.05) is 12.0 Å². The number of amides is 1. The van der Waals surface area contributed by atoms with Gasteiger partial charge in [-0.05, 0) is 30.9 Å². The molecule has 0 aromatic heterocycles. The Bertz CT molecular complexity index is 500. The van der Waals surface area contributed by atoms with Crippen molar-refractivity contribution in [1.29, 1.82) is 0 Å². The summed E-state index contributed by atoms with van der Waals surface area (Å²) >= 11 is 0. The van der Waals surface area contributed by atoms with Crippen molar-refractivity contribution in [2.45, 2.75) is 19.3 Å². The minimum absolute atomic E-state index is 0.0276. The highest BCUT2D eigenvalue weighted by Gasteiger charge is 2.25. The van der Waals surface area contributed by atoms with E-state index in [9.17, 15) is 14.9 Å². The van der Waals surface area contributed by atoms with E-state index in [2.05, 4.69) is 10.7 Å². The van der Waals surface area contributed by atoms with Crippen LogP contribution in [0.3, 0.4) is 0 Å². The number of carbonyl (C=O) groups is 1. The van der Waals surface area contributed by atoms with Crippen molar-refractivity contribution >= 4 is 17.3 Å². The Morgan fingerprint density at radius 1 is 1.47 bits per heavy atom. The monoisotopic (exact) mass is 264 g/mol. The highest BCUT2D eigenvalue weighted by atomic mass is 16.6. The van der Waals surface area contributed by atoms with Crippen molar-refractivity contribution in [1.82, 2.24) is 5.32 Å². The van der Waals surface area contributed by atoms with Gasteiger partial charge in [0.05, 0.1) is 4.92 Å². The summed E-state index contributed by atoms with van der Waals surface area (Å²) in [6.45, 7) is 0.566. The molecule has 1 aromatic carbocycles. The van der Waals surface area contributed by atoms with Gasteiger partial charge in [-0.3, -0.25) is 20.8 Å². The number of nitrogen functional groups attached to an aromatic ring is 1. The van der Waals surface area contributed by atoms with Gasteiger partial charge >= 0.3 is 5.69 Å². The van der Waals surface area contributed by atoms with Crippen LogP contribution in [0.5, 0.6) is 0 Å². The van der Waals surface area contributed by atoms with Gasteiger partial charge in [0.1, 0.15) is 11.3 Å². The predicted molar refractivity (Wildman–Crippen MR) is 70.6 cm³/mol. The van der Waals surface area contributed by atoms with E-state index in [4.69, 9.17) is 5.84 Å². The second-order valence-corrected chi connectivity index (χ2v) is 4.61. The maximum Gasteiger partial charge on any atom is 0.306 e. The fourth-order valence-electron chi connectivity index (χ4n) is 2.07. The first-order valence-electron chi connectivity index (χ1n) is 6.15. The number of nitrogens with one attached hydrogen (secondary N) is 2. The van der Waals surface area contributed by atoms with Crippen LogP contribution in [0.25, 0.3) is 0 Å². The molecule has 1 saturated carbocycles. The van der Waals surface area contributed by atoms with E-state index in [0.29, 0.717) is 12.5 Å². The molecule has 0 saturated heterocycles. The van der Waals surface area contributed by atoms with Crippen LogP contribution in [0.2, 0.25) is 0 Å². The molecule has 4 N–H and O–H groups in total. The van der Waals surface area contributed by atoms with Gasteiger partial charge in [0.25, 0.3) is 5.91 Å². The summed E-state index contributed by atoms with van der Waals surface area (Å²) in [5.74, 6) is 5.29. The first kappa shape index (κ1) is 13.3. The summed E-state index contributed by atoms with van der Waals surface area (Å²) in [7, 11) is 0. The number of hydrazine groups is 1. The molecule has 2 rings (SSSR count). The molecule has 0 bridgehead atoms. The minimum Gasteiger partial charge on any atom is -0.352 e. The number of benzene rings is 1. The number of nitro benzene ring substituents is 1. The lowest BCUT2D eigenvalue weighted by Crippen LogP contribution is -2.32. The normalized spacial score (nSPS) is 14.6. The molecule has 0 spiro atoms. The molecule has 1 amide bonds. The maximum absolute atomic E-state index is 12.0. The van der Waals surface area contributed by atoms with Crippen LogP contribution in [-0.2, 0) is 0 Å². The zero-order valence-electron chi connectivity index (χ0n) is 10.4. The third-order valence-electron chi connectivity index (χ3n) is 3.39. The summed E-state index contributed by atoms with van der Waals surface area (Å²) in [4.78, 5) is 22.4. The number of hydrogen-bond donors (Lipinski definition) is 3. The Morgan fingerprint density at radius 2 is 2.21 bits per heavy atom. The Morgan fingerprint density at radius 3 is 2.74 bits per heavy atom. The highest BCUT2D eigenvalue weighted by molar-refractivity contribution is 6.00. The lowest BCUT2D eigenvalue weighted by atomic mass is 9.85. The van der Waals surface area contributed by atoms with Crippen molar-refractivity contribution < 1.29 is 9.72 Å². The molecule has 1 aliphatic rings. The third kappa shape index (κ3) is 2.82. The van der Waals surface area contributed by atoms with Crippen LogP contribution in [0.15, 0.2) is 18.2 Å². The Kier molecular flexibility index (Phi) is 3.96. The molecule has 0 radical (unpaired) electrons. The van der Waals surface area contributed by atoms with Crippen LogP contribution in [0, 0.1) is 16.0 Å². The largest absolute Gasteiger partial charge is 0.352 e. The molecule has 0 atom stereocenters. The van der Waals surface area contributed by atoms with Crippen molar-refractivity contribution in [3.8, 4) is 0 Å². The van der Waals surface area contributed by atoms with E-state index in [1.165, 1.54) is 18.6 Å². The molecule has 1 aliphatic carbocycles. The lowest BCUT2D eigenvalue weighted by molar-refractivity contribution is -0.384. The Hall–Kier alpha value is -2.15. The topological polar surface area (TPSA) is 110 Å². The van der Waals surface area contributed by atoms with Crippen LogP contribution in [0.4, 0.5) is 11.4 Å². The smallest absolute Gasteiger partial charge is 0.306 e. The van der Waals surface area contributed by atoms with Gasteiger partial charge in [-0.25, -0.2) is 0 Å². The lowest BCUT2D eigenvalue weighted by Gasteiger charge is -2.25. The standard InChI is InChI=1S/C12H16N4O3/c13-15-10-6-2-5-9(11(10)16(18)19)12(17)14-7-8-3-1-4-8/h2,5-6,8,15H,1,3-4,7,13H2,(H,14,17). The van der Waals surface area contributed by atoms with Crippen LogP contribution in [-0.4, -0.2) is 17.4 Å². The molecule has 7 nitrogen and oxygen atoms in total. The van der Waals surface area contributed by atoms with Gasteiger partial charge in [0, 0.05) is 6.54 Å². The number of rotatable bonds is 5. The van der Waals surface area contributed by atoms with Gasteiger partial charge in [-0.15, -0.1) is 0 Å². The predicted octanol–water partition coefficient (Wildman–Crippen LogP) is 1.41. The van der Waals surface area contributed by atoms with Crippen molar-refractivity contribution in [3.63, 3.8) is 0 Å². The number of nitro groups is 1. The average molecular weight is 264 g/mol. The molecule has 102 valence electrons. The molecule has 0 aliphatic heterocycles. The number of hydrogen-bond acceptors (Lipinski definition) is 5. The van der Waals surface area contributed by atoms with Gasteiger partial charge in [-0.2, -0.15) is 0 Å². The highest BCUT2D eigenvalue weighted by Crippen LogP contribution is 2.28. The second-order valence-electron chi connectivity index (χ2n) is 4.61. The van der Waals surface area contributed by atoms with E-state index in [0.717, 1.165) is 12.8 Å². The zero-order valence-corrected chi connectivity index (χ0v) is 10.4. The molecular formula is C12H16N4O3. The molecule has 7 heteroatoms. The number of nitrogens with zero attached hydrogens (tertiary/aromatic N) is 1. The van der Waals surface area contributed by atoms with Crippen molar-refractivity contribution in [3.05, 3.63) is 33.9 Å². The second kappa shape index (κ2) is 5.66. The van der Waals surface area contributed by atoms with Crippen LogP contribution < -0.4 is 16.6 Å². The van der Waals surface area contributed by atoms with E-state index in [1.54, 1.807) is 6.07 Å². The summed E-state index contributed by atoms with van der Waals surface area (Å²) < 4.78 is 0. The average Bonchev–Trinajstić information content (AvgIpc) is 2.35. The third-order valence-corrected chi connectivity index (χ3v) is 3.39. The van der Waals surface area contributed by atoms with E-state index < -0.39 is 10.8 Å². The Labute approximate surface area is 110 Å². The van der Waals surface area contributed by atoms with Crippen LogP contribution >= 0.6 is 0 Å². The summed E-state index contributed by atoms with van der Waals surface area (Å²) in [6, 6.07) is 4.44. The maximum atomic E-state index is 12.0. The molecule has 19 heavy (non-hydrogen) atoms. The zero-order chi connectivity index (χ0) is 13.8. The first-order valence-corrected chi connectivity index (χ1v) is 6.15. The number of para-hydroxylation sites is 1. The molecule has 1 aromatic rings. The Balaban J connectivity index is 2.17. The molecular weight excluding hydrogens is 248 g/mol. The number of carbonyl (C=O) groups excluding carboxylic acids is 1. The first-order chi connectivity index (χ1) is 9.13. The van der Waals surface area contributed by atoms with Gasteiger partial charge < -0.3 is 10.7 Å². The summed E-state index contributed by atoms with van der Waals surface area (Å²) in [6.07, 6.45) is 3.40. The van der Waals surface area contributed by atoms with Crippen LogP contribution in [0.1, 0.15) is 29.6 Å². The van der Waals surface area contributed by atoms with E-state index in [1.807, 2.05) is 0 Å².